The predicted molar refractivity (Wildman–Crippen MR) is 158 cm³/mol. The fourth-order valence-electron chi connectivity index (χ4n) is 5.27. The number of aryl methyl sites for hydroxylation is 1. The maximum atomic E-state index is 13.4. The van der Waals surface area contributed by atoms with Crippen molar-refractivity contribution in [2.45, 2.75) is 12.8 Å². The number of thiazole rings is 1. The summed E-state index contributed by atoms with van der Waals surface area (Å²) in [4.78, 5) is 39.6. The molecule has 6 aromatic rings. The Morgan fingerprint density at radius 3 is 2.70 bits per heavy atom. The van der Waals surface area contributed by atoms with Gasteiger partial charge in [0.1, 0.15) is 0 Å². The Morgan fingerprint density at radius 1 is 0.950 bits per heavy atom. The smallest absolute Gasteiger partial charge is 0.355 e. The van der Waals surface area contributed by atoms with Crippen molar-refractivity contribution >= 4 is 55.3 Å². The van der Waals surface area contributed by atoms with Gasteiger partial charge >= 0.3 is 12.0 Å². The molecule has 9 heteroatoms. The minimum absolute atomic E-state index is 0.0180. The molecule has 0 saturated heterocycles. The fourth-order valence-corrected chi connectivity index (χ4v) is 6.12. The molecular formula is C31H23N5O3S. The van der Waals surface area contributed by atoms with Gasteiger partial charge in [0.2, 0.25) is 0 Å². The quantitative estimate of drug-likeness (QED) is 0.217. The van der Waals surface area contributed by atoms with Crippen LogP contribution in [0.15, 0.2) is 85.1 Å². The number of amides is 2. The minimum Gasteiger partial charge on any atom is -0.476 e. The molecule has 3 aromatic heterocycles. The topological polar surface area (TPSA) is 111 Å². The maximum absolute atomic E-state index is 13.4. The van der Waals surface area contributed by atoms with E-state index in [1.165, 1.54) is 11.3 Å². The molecule has 3 N–H and O–H groups in total. The van der Waals surface area contributed by atoms with Crippen molar-refractivity contribution in [1.82, 2.24) is 15.0 Å². The molecule has 0 bridgehead atoms. The van der Waals surface area contributed by atoms with E-state index in [0.717, 1.165) is 56.3 Å². The van der Waals surface area contributed by atoms with Crippen LogP contribution >= 0.6 is 11.3 Å². The number of carboxylic acids is 1. The van der Waals surface area contributed by atoms with E-state index < -0.39 is 5.97 Å². The number of benzene rings is 3. The number of carboxylic acid groups (broad SMARTS) is 1. The Kier molecular flexibility index (Phi) is 5.78. The van der Waals surface area contributed by atoms with Crippen molar-refractivity contribution in [3.63, 3.8) is 0 Å². The Bertz CT molecular complexity index is 1910. The first-order valence-electron chi connectivity index (χ1n) is 12.9. The minimum atomic E-state index is -1.10. The molecule has 1 aliphatic heterocycles. The molecule has 196 valence electrons. The third-order valence-corrected chi connectivity index (χ3v) is 8.17. The fraction of sp³-hybridized carbons (Fsp3) is 0.0968. The van der Waals surface area contributed by atoms with Crippen LogP contribution in [0.5, 0.6) is 0 Å². The number of nitrogens with zero attached hydrogens (tertiary/aromatic N) is 3. The number of pyridine rings is 1. The van der Waals surface area contributed by atoms with Gasteiger partial charge in [0.05, 0.1) is 15.9 Å². The van der Waals surface area contributed by atoms with Crippen molar-refractivity contribution in [2.75, 3.05) is 16.8 Å². The van der Waals surface area contributed by atoms with Crippen LogP contribution in [0.25, 0.3) is 43.5 Å². The number of H-pyrrole nitrogens is 1. The zero-order chi connectivity index (χ0) is 27.2. The highest BCUT2D eigenvalue weighted by Crippen LogP contribution is 2.34. The molecule has 0 spiro atoms. The molecule has 8 nitrogen and oxygen atoms in total. The lowest BCUT2D eigenvalue weighted by Crippen LogP contribution is -2.38. The first-order chi connectivity index (χ1) is 19.5. The molecule has 2 amide bonds. The molecule has 0 aliphatic carbocycles. The number of para-hydroxylation sites is 1. The summed E-state index contributed by atoms with van der Waals surface area (Å²) in [7, 11) is 0. The van der Waals surface area contributed by atoms with E-state index in [2.05, 4.69) is 20.3 Å². The molecule has 4 heterocycles. The lowest BCUT2D eigenvalue weighted by molar-refractivity contribution is 0.0691. The first kappa shape index (κ1) is 24.1. The Morgan fingerprint density at radius 2 is 1.82 bits per heavy atom. The molecule has 0 atom stereocenters. The number of aromatic amines is 1. The van der Waals surface area contributed by atoms with Crippen LogP contribution in [-0.2, 0) is 6.42 Å². The molecular weight excluding hydrogens is 522 g/mol. The Labute approximate surface area is 233 Å². The number of fused-ring (bicyclic) bond motifs is 3. The number of aromatic carboxylic acids is 1. The number of anilines is 2. The average molecular weight is 546 g/mol. The van der Waals surface area contributed by atoms with Gasteiger partial charge in [0, 0.05) is 35.1 Å². The van der Waals surface area contributed by atoms with Gasteiger partial charge < -0.3 is 10.1 Å². The largest absolute Gasteiger partial charge is 0.476 e. The molecule has 40 heavy (non-hydrogen) atoms. The summed E-state index contributed by atoms with van der Waals surface area (Å²) in [6.07, 6.45) is 3.56. The molecule has 0 radical (unpaired) electrons. The van der Waals surface area contributed by atoms with E-state index in [-0.39, 0.29) is 11.7 Å². The highest BCUT2D eigenvalue weighted by Gasteiger charge is 2.25. The SMILES string of the molecule is O=C(O)c1nc(-c2ccc3c(c2)N(C(=O)Nc2nc4ccccc4s2)CCC3)ccc1-c1ccc2[nH]ccc2c1. The lowest BCUT2D eigenvalue weighted by atomic mass is 9.97. The van der Waals surface area contributed by atoms with Crippen molar-refractivity contribution in [2.24, 2.45) is 0 Å². The number of carbonyl (C=O) groups is 2. The number of aromatic nitrogens is 3. The number of carbonyl (C=O) groups excluding carboxylic acids is 1. The molecule has 1 aliphatic rings. The van der Waals surface area contributed by atoms with Gasteiger partial charge in [-0.15, -0.1) is 0 Å². The van der Waals surface area contributed by atoms with E-state index in [0.29, 0.717) is 22.9 Å². The van der Waals surface area contributed by atoms with E-state index in [1.54, 1.807) is 11.0 Å². The van der Waals surface area contributed by atoms with Crippen molar-refractivity contribution in [3.8, 4) is 22.4 Å². The van der Waals surface area contributed by atoms with E-state index >= 15 is 0 Å². The molecule has 0 saturated carbocycles. The van der Waals surface area contributed by atoms with Crippen molar-refractivity contribution < 1.29 is 14.7 Å². The Balaban J connectivity index is 1.22. The van der Waals surface area contributed by atoms with Crippen LogP contribution in [0.2, 0.25) is 0 Å². The molecule has 7 rings (SSSR count). The molecule has 3 aromatic carbocycles. The van der Waals surface area contributed by atoms with E-state index in [4.69, 9.17) is 0 Å². The van der Waals surface area contributed by atoms with Gasteiger partial charge in [-0.1, -0.05) is 41.7 Å². The molecule has 0 unspecified atom stereocenters. The van der Waals surface area contributed by atoms with Crippen LogP contribution in [0.3, 0.4) is 0 Å². The summed E-state index contributed by atoms with van der Waals surface area (Å²) in [5.74, 6) is -1.10. The third-order valence-electron chi connectivity index (χ3n) is 7.21. The number of rotatable bonds is 4. The summed E-state index contributed by atoms with van der Waals surface area (Å²) in [5.41, 5.74) is 6.28. The maximum Gasteiger partial charge on any atom is 0.355 e. The second kappa shape index (κ2) is 9.62. The van der Waals surface area contributed by atoms with Gasteiger partial charge in [-0.3, -0.25) is 10.2 Å². The monoisotopic (exact) mass is 545 g/mol. The zero-order valence-electron chi connectivity index (χ0n) is 21.2. The summed E-state index contributed by atoms with van der Waals surface area (Å²) in [6.45, 7) is 0.571. The summed E-state index contributed by atoms with van der Waals surface area (Å²) in [6, 6.07) is 24.8. The number of hydrogen-bond donors (Lipinski definition) is 3. The second-order valence-corrected chi connectivity index (χ2v) is 10.7. The van der Waals surface area contributed by atoms with Gasteiger partial charge in [0.15, 0.2) is 10.8 Å². The van der Waals surface area contributed by atoms with Crippen LogP contribution in [-0.4, -0.2) is 38.6 Å². The third kappa shape index (κ3) is 4.26. The van der Waals surface area contributed by atoms with Crippen molar-refractivity contribution in [1.29, 1.82) is 0 Å². The lowest BCUT2D eigenvalue weighted by Gasteiger charge is -2.29. The van der Waals surface area contributed by atoms with E-state index in [1.807, 2.05) is 79.0 Å². The first-order valence-corrected chi connectivity index (χ1v) is 13.7. The predicted octanol–water partition coefficient (Wildman–Crippen LogP) is 7.19. The Hall–Kier alpha value is -5.02. The highest BCUT2D eigenvalue weighted by atomic mass is 32.1. The van der Waals surface area contributed by atoms with Crippen LogP contribution in [0.4, 0.5) is 15.6 Å². The number of urea groups is 1. The standard InChI is InChI=1S/C31H23N5O3S/c37-29(38)28-22(19-9-11-23-21(16-19)13-14-32-23)10-12-24(33-28)20-8-7-18-4-3-15-36(26(18)17-20)31(39)35-30-34-25-5-1-2-6-27(25)40-30/h1-2,5-14,16-17,32H,3-4,15H2,(H,37,38)(H,34,35,39). The van der Waals surface area contributed by atoms with Gasteiger partial charge in [-0.05, 0) is 77.9 Å². The summed E-state index contributed by atoms with van der Waals surface area (Å²) >= 11 is 1.44. The number of nitrogens with one attached hydrogen (secondary N) is 2. The molecule has 0 fully saturated rings. The summed E-state index contributed by atoms with van der Waals surface area (Å²) < 4.78 is 1.01. The average Bonchev–Trinajstić information content (AvgIpc) is 3.62. The van der Waals surface area contributed by atoms with Gasteiger partial charge in [-0.25, -0.2) is 19.6 Å². The summed E-state index contributed by atoms with van der Waals surface area (Å²) in [5, 5.41) is 14.5. The zero-order valence-corrected chi connectivity index (χ0v) is 22.0. The van der Waals surface area contributed by atoms with Crippen molar-refractivity contribution in [3.05, 3.63) is 96.3 Å². The number of hydrogen-bond acceptors (Lipinski definition) is 5. The van der Waals surface area contributed by atoms with Crippen LogP contribution < -0.4 is 10.2 Å². The van der Waals surface area contributed by atoms with Crippen LogP contribution in [0.1, 0.15) is 22.5 Å². The second-order valence-electron chi connectivity index (χ2n) is 9.69. The van der Waals surface area contributed by atoms with Gasteiger partial charge in [0.25, 0.3) is 0 Å². The van der Waals surface area contributed by atoms with E-state index in [9.17, 15) is 14.7 Å². The van der Waals surface area contributed by atoms with Crippen LogP contribution in [0, 0.1) is 0 Å². The highest BCUT2D eigenvalue weighted by molar-refractivity contribution is 7.22. The normalized spacial score (nSPS) is 12.9. The van der Waals surface area contributed by atoms with Gasteiger partial charge in [-0.2, -0.15) is 0 Å².